The molecule has 1 saturated heterocycles. The average Bonchev–Trinajstić information content (AvgIpc) is 2.37. The number of pyridine rings is 1. The van der Waals surface area contributed by atoms with E-state index in [9.17, 15) is 22.4 Å². The summed E-state index contributed by atoms with van der Waals surface area (Å²) < 4.78 is 40.7. The minimum Gasteiger partial charge on any atom is -0.296 e. The molecule has 0 aliphatic carbocycles. The van der Waals surface area contributed by atoms with Gasteiger partial charge in [-0.25, -0.2) is 4.39 Å². The van der Waals surface area contributed by atoms with Gasteiger partial charge in [0.25, 0.3) is 10.1 Å². The summed E-state index contributed by atoms with van der Waals surface area (Å²) in [6.45, 7) is -0.501. The van der Waals surface area contributed by atoms with Crippen LogP contribution in [0.1, 0.15) is 29.9 Å². The van der Waals surface area contributed by atoms with Crippen LogP contribution in [0.25, 0.3) is 0 Å². The third kappa shape index (κ3) is 3.82. The molecule has 0 saturated carbocycles. The molecule has 1 atom stereocenters. The molecule has 1 unspecified atom stereocenters. The van der Waals surface area contributed by atoms with Gasteiger partial charge in [0.1, 0.15) is 5.82 Å². The van der Waals surface area contributed by atoms with Crippen molar-refractivity contribution in [1.82, 2.24) is 10.3 Å². The van der Waals surface area contributed by atoms with Crippen molar-refractivity contribution in [3.63, 3.8) is 0 Å². The molecule has 0 spiro atoms. The van der Waals surface area contributed by atoms with Gasteiger partial charge < -0.3 is 0 Å². The Balaban J connectivity index is 2.25. The van der Waals surface area contributed by atoms with Gasteiger partial charge in [-0.15, -0.1) is 0 Å². The predicted octanol–water partition coefficient (Wildman–Crippen LogP) is 0.217. The van der Waals surface area contributed by atoms with Crippen molar-refractivity contribution in [1.29, 1.82) is 0 Å². The molecule has 2 rings (SSSR count). The molecule has 0 radical (unpaired) electrons. The first-order valence-electron chi connectivity index (χ1n) is 6.08. The second-order valence-electron chi connectivity index (χ2n) is 4.67. The maximum Gasteiger partial charge on any atom is 0.264 e. The average molecular weight is 316 g/mol. The molecular formula is C12H13FN2O5S. The molecule has 1 aromatic rings. The fourth-order valence-electron chi connectivity index (χ4n) is 2.01. The van der Waals surface area contributed by atoms with E-state index < -0.39 is 40.3 Å². The van der Waals surface area contributed by atoms with Gasteiger partial charge in [-0.05, 0) is 6.42 Å². The van der Waals surface area contributed by atoms with Crippen LogP contribution in [-0.4, -0.2) is 31.5 Å². The number of halogens is 1. The molecular weight excluding hydrogens is 303 g/mol. The van der Waals surface area contributed by atoms with E-state index in [1.807, 2.05) is 0 Å². The predicted molar refractivity (Wildman–Crippen MR) is 69.0 cm³/mol. The van der Waals surface area contributed by atoms with E-state index in [0.717, 1.165) is 12.5 Å². The summed E-state index contributed by atoms with van der Waals surface area (Å²) in [6, 6.07) is 0. The Bertz CT molecular complexity index is 689. The zero-order chi connectivity index (χ0) is 15.6. The lowest BCUT2D eigenvalue weighted by atomic mass is 9.90. The molecule has 1 aromatic heterocycles. The maximum atomic E-state index is 14.3. The third-order valence-corrected chi connectivity index (χ3v) is 3.57. The van der Waals surface area contributed by atoms with Crippen molar-refractivity contribution in [2.24, 2.45) is 0 Å². The van der Waals surface area contributed by atoms with E-state index in [-0.39, 0.29) is 24.0 Å². The molecule has 7 nitrogen and oxygen atoms in total. The molecule has 0 bridgehead atoms. The fourth-order valence-corrected chi connectivity index (χ4v) is 2.35. The molecule has 1 fully saturated rings. The molecule has 1 N–H and O–H groups in total. The highest BCUT2D eigenvalue weighted by molar-refractivity contribution is 7.85. The van der Waals surface area contributed by atoms with Crippen molar-refractivity contribution >= 4 is 21.9 Å². The van der Waals surface area contributed by atoms with E-state index in [1.165, 1.54) is 6.20 Å². The van der Waals surface area contributed by atoms with Gasteiger partial charge >= 0.3 is 0 Å². The summed E-state index contributed by atoms with van der Waals surface area (Å²) in [6.07, 6.45) is 3.47. The number of piperidine rings is 1. The van der Waals surface area contributed by atoms with Crippen LogP contribution in [0.4, 0.5) is 4.39 Å². The van der Waals surface area contributed by atoms with Crippen molar-refractivity contribution in [3.05, 3.63) is 29.3 Å². The number of carbonyl (C=O) groups is 2. The standard InChI is InChI=1S/C12H13FN2O5S/c1-21(18,19)20-6-7-4-14-5-9(11(7)13)8-2-3-10(16)15-12(8)17/h4-5,8H,2-3,6H2,1H3,(H,15,16,17). The topological polar surface area (TPSA) is 102 Å². The van der Waals surface area contributed by atoms with Crippen LogP contribution in [0.15, 0.2) is 12.4 Å². The van der Waals surface area contributed by atoms with Crippen LogP contribution in [-0.2, 0) is 30.5 Å². The van der Waals surface area contributed by atoms with Crippen molar-refractivity contribution in [2.75, 3.05) is 6.26 Å². The van der Waals surface area contributed by atoms with Gasteiger partial charge in [0.2, 0.25) is 11.8 Å². The van der Waals surface area contributed by atoms with Crippen LogP contribution < -0.4 is 5.32 Å². The number of hydrogen-bond acceptors (Lipinski definition) is 6. The number of nitrogens with one attached hydrogen (secondary N) is 1. The van der Waals surface area contributed by atoms with Crippen LogP contribution >= 0.6 is 0 Å². The summed E-state index contributed by atoms with van der Waals surface area (Å²) in [5.74, 6) is -2.56. The molecule has 0 aromatic carbocycles. The first kappa shape index (κ1) is 15.5. The van der Waals surface area contributed by atoms with Crippen LogP contribution in [0, 0.1) is 5.82 Å². The maximum absolute atomic E-state index is 14.3. The third-order valence-electron chi connectivity index (χ3n) is 3.02. The minimum atomic E-state index is -3.71. The van der Waals surface area contributed by atoms with Crippen molar-refractivity contribution in [3.8, 4) is 0 Å². The first-order chi connectivity index (χ1) is 9.78. The van der Waals surface area contributed by atoms with Crippen molar-refractivity contribution < 1.29 is 26.6 Å². The molecule has 114 valence electrons. The summed E-state index contributed by atoms with van der Waals surface area (Å²) >= 11 is 0. The summed E-state index contributed by atoms with van der Waals surface area (Å²) in [4.78, 5) is 26.6. The number of nitrogens with zero attached hydrogens (tertiary/aromatic N) is 1. The first-order valence-corrected chi connectivity index (χ1v) is 7.90. The van der Waals surface area contributed by atoms with E-state index in [1.54, 1.807) is 0 Å². The second-order valence-corrected chi connectivity index (χ2v) is 6.32. The lowest BCUT2D eigenvalue weighted by molar-refractivity contribution is -0.134. The lowest BCUT2D eigenvalue weighted by Gasteiger charge is -2.21. The Morgan fingerprint density at radius 1 is 1.43 bits per heavy atom. The highest BCUT2D eigenvalue weighted by atomic mass is 32.2. The molecule has 9 heteroatoms. The number of amides is 2. The zero-order valence-corrected chi connectivity index (χ0v) is 11.9. The second kappa shape index (κ2) is 5.86. The normalized spacial score (nSPS) is 19.4. The van der Waals surface area contributed by atoms with Gasteiger partial charge in [-0.3, -0.25) is 24.1 Å². The number of hydrogen-bond donors (Lipinski definition) is 1. The van der Waals surface area contributed by atoms with Crippen LogP contribution in [0.2, 0.25) is 0 Å². The smallest absolute Gasteiger partial charge is 0.264 e. The quantitative estimate of drug-likeness (QED) is 0.629. The number of imide groups is 1. The summed E-state index contributed by atoms with van der Waals surface area (Å²) in [5, 5.41) is 2.13. The van der Waals surface area contributed by atoms with E-state index >= 15 is 0 Å². The molecule has 2 heterocycles. The highest BCUT2D eigenvalue weighted by Gasteiger charge is 2.31. The van der Waals surface area contributed by atoms with E-state index in [2.05, 4.69) is 14.5 Å². The zero-order valence-electron chi connectivity index (χ0n) is 11.1. The lowest BCUT2D eigenvalue weighted by Crippen LogP contribution is -2.39. The molecule has 2 amide bonds. The number of rotatable bonds is 4. The Morgan fingerprint density at radius 3 is 2.76 bits per heavy atom. The minimum absolute atomic E-state index is 0.0228. The Morgan fingerprint density at radius 2 is 2.14 bits per heavy atom. The summed E-state index contributed by atoms with van der Waals surface area (Å²) in [5.41, 5.74) is -0.0442. The van der Waals surface area contributed by atoms with Gasteiger partial charge in [0.05, 0.1) is 18.8 Å². The van der Waals surface area contributed by atoms with Gasteiger partial charge in [0.15, 0.2) is 0 Å². The highest BCUT2D eigenvalue weighted by Crippen LogP contribution is 2.27. The van der Waals surface area contributed by atoms with Gasteiger partial charge in [-0.1, -0.05) is 0 Å². The van der Waals surface area contributed by atoms with Crippen LogP contribution in [0.3, 0.4) is 0 Å². The van der Waals surface area contributed by atoms with E-state index in [4.69, 9.17) is 0 Å². The van der Waals surface area contributed by atoms with E-state index in [0.29, 0.717) is 0 Å². The molecule has 1 aliphatic rings. The Hall–Kier alpha value is -1.87. The largest absolute Gasteiger partial charge is 0.296 e. The van der Waals surface area contributed by atoms with Gasteiger partial charge in [0, 0.05) is 29.9 Å². The number of carbonyl (C=O) groups excluding carboxylic acids is 2. The SMILES string of the molecule is CS(=O)(=O)OCc1cncc(C2CCC(=O)NC2=O)c1F. The number of aromatic nitrogens is 1. The molecule has 1 aliphatic heterocycles. The van der Waals surface area contributed by atoms with Crippen molar-refractivity contribution in [2.45, 2.75) is 25.4 Å². The Labute approximate surface area is 120 Å². The summed E-state index contributed by atoms with van der Waals surface area (Å²) in [7, 11) is -3.71. The van der Waals surface area contributed by atoms with Gasteiger partial charge in [-0.2, -0.15) is 8.42 Å². The van der Waals surface area contributed by atoms with Crippen LogP contribution in [0.5, 0.6) is 0 Å². The molecule has 21 heavy (non-hydrogen) atoms. The Kier molecular flexibility index (Phi) is 4.33. The monoisotopic (exact) mass is 316 g/mol. The fraction of sp³-hybridized carbons (Fsp3) is 0.417.